The number of hydrogen-bond acceptors (Lipinski definition) is 4. The third kappa shape index (κ3) is 5.12. The summed E-state index contributed by atoms with van der Waals surface area (Å²) in [4.78, 5) is 3.52. The van der Waals surface area contributed by atoms with Crippen LogP contribution in [0, 0.1) is 0 Å². The lowest BCUT2D eigenvalue weighted by Crippen LogP contribution is -2.41. The molecule has 0 aliphatic heterocycles. The van der Waals surface area contributed by atoms with Gasteiger partial charge >= 0.3 is 12.3 Å². The van der Waals surface area contributed by atoms with Crippen LogP contribution in [0.15, 0.2) is 23.2 Å². The van der Waals surface area contributed by atoms with Gasteiger partial charge in [0.25, 0.3) is 0 Å². The summed E-state index contributed by atoms with van der Waals surface area (Å²) in [5.41, 5.74) is 0. The van der Waals surface area contributed by atoms with E-state index in [4.69, 9.17) is 0 Å². The van der Waals surface area contributed by atoms with Crippen LogP contribution in [-0.2, 0) is 10.0 Å². The van der Waals surface area contributed by atoms with Crippen LogP contribution in [0.3, 0.4) is 0 Å². The van der Waals surface area contributed by atoms with E-state index in [1.54, 1.807) is 0 Å². The second kappa shape index (κ2) is 7.03. The highest BCUT2D eigenvalue weighted by Crippen LogP contribution is 2.22. The van der Waals surface area contributed by atoms with Crippen LogP contribution in [0.4, 0.5) is 23.4 Å². The van der Waals surface area contributed by atoms with Gasteiger partial charge in [0.05, 0.1) is 11.4 Å². The number of alkyl halides is 4. The zero-order valence-corrected chi connectivity index (χ0v) is 11.9. The Kier molecular flexibility index (Phi) is 5.90. The van der Waals surface area contributed by atoms with E-state index in [9.17, 15) is 26.0 Å². The SMILES string of the molecule is CCCNc1cc(S(=O)(=O)NCC(F)(F)C(F)F)ccn1. The third-order valence-electron chi connectivity index (χ3n) is 2.41. The van der Waals surface area contributed by atoms with Crippen molar-refractivity contribution in [3.05, 3.63) is 18.3 Å². The van der Waals surface area contributed by atoms with Gasteiger partial charge in [0.1, 0.15) is 5.82 Å². The molecule has 0 aliphatic carbocycles. The van der Waals surface area contributed by atoms with E-state index in [1.165, 1.54) is 10.9 Å². The van der Waals surface area contributed by atoms with E-state index >= 15 is 0 Å². The number of anilines is 1. The van der Waals surface area contributed by atoms with E-state index in [1.807, 2.05) is 6.92 Å². The summed E-state index contributed by atoms with van der Waals surface area (Å²) in [5.74, 6) is -4.18. The maximum absolute atomic E-state index is 12.7. The first-order chi connectivity index (χ1) is 9.69. The van der Waals surface area contributed by atoms with Gasteiger partial charge in [0.2, 0.25) is 10.0 Å². The maximum Gasteiger partial charge on any atom is 0.320 e. The monoisotopic (exact) mass is 329 g/mol. The van der Waals surface area contributed by atoms with Crippen LogP contribution in [0.2, 0.25) is 0 Å². The molecule has 0 aromatic carbocycles. The Bertz CT molecular complexity index is 566. The summed E-state index contributed by atoms with van der Waals surface area (Å²) >= 11 is 0. The highest BCUT2D eigenvalue weighted by Gasteiger charge is 2.41. The number of hydrogen-bond donors (Lipinski definition) is 2. The predicted octanol–water partition coefficient (Wildman–Crippen LogP) is 2.08. The van der Waals surface area contributed by atoms with Gasteiger partial charge in [0, 0.05) is 18.8 Å². The first kappa shape index (κ1) is 17.6. The van der Waals surface area contributed by atoms with Crippen molar-refractivity contribution < 1.29 is 26.0 Å². The van der Waals surface area contributed by atoms with E-state index in [-0.39, 0.29) is 10.7 Å². The fourth-order valence-corrected chi connectivity index (χ4v) is 2.34. The molecule has 1 aromatic rings. The summed E-state index contributed by atoms with van der Waals surface area (Å²) in [7, 11) is -4.32. The van der Waals surface area contributed by atoms with Gasteiger partial charge in [-0.3, -0.25) is 0 Å². The average Bonchev–Trinajstić information content (AvgIpc) is 2.43. The van der Waals surface area contributed by atoms with Crippen molar-refractivity contribution in [1.82, 2.24) is 9.71 Å². The molecule has 1 aromatic heterocycles. The minimum absolute atomic E-state index is 0.250. The molecule has 0 spiro atoms. The normalized spacial score (nSPS) is 12.7. The van der Waals surface area contributed by atoms with Crippen molar-refractivity contribution in [2.45, 2.75) is 30.6 Å². The van der Waals surface area contributed by atoms with Crippen LogP contribution in [0.25, 0.3) is 0 Å². The second-order valence-electron chi connectivity index (χ2n) is 4.19. The van der Waals surface area contributed by atoms with Crippen molar-refractivity contribution in [2.24, 2.45) is 0 Å². The lowest BCUT2D eigenvalue weighted by atomic mass is 10.4. The molecule has 0 radical (unpaired) electrons. The summed E-state index contributed by atoms with van der Waals surface area (Å²) in [6.07, 6.45) is -1.99. The summed E-state index contributed by atoms with van der Waals surface area (Å²) in [5, 5.41) is 2.83. The Morgan fingerprint density at radius 1 is 1.38 bits per heavy atom. The molecular formula is C11H15F4N3O2S. The van der Waals surface area contributed by atoms with E-state index < -0.39 is 28.9 Å². The van der Waals surface area contributed by atoms with E-state index in [0.29, 0.717) is 6.54 Å². The molecule has 1 rings (SSSR count). The molecule has 1 heterocycles. The molecule has 0 saturated heterocycles. The molecule has 0 aliphatic rings. The molecule has 0 fully saturated rings. The number of sulfonamides is 1. The quantitative estimate of drug-likeness (QED) is 0.717. The highest BCUT2D eigenvalue weighted by atomic mass is 32.2. The van der Waals surface area contributed by atoms with Crippen molar-refractivity contribution in [2.75, 3.05) is 18.4 Å². The van der Waals surface area contributed by atoms with Crippen molar-refractivity contribution in [3.63, 3.8) is 0 Å². The second-order valence-corrected chi connectivity index (χ2v) is 5.96. The predicted molar refractivity (Wildman–Crippen MR) is 69.2 cm³/mol. The number of halogens is 4. The van der Waals surface area contributed by atoms with Gasteiger partial charge in [-0.1, -0.05) is 6.92 Å². The van der Waals surface area contributed by atoms with Crippen LogP contribution < -0.4 is 10.0 Å². The van der Waals surface area contributed by atoms with Crippen molar-refractivity contribution >= 4 is 15.8 Å². The molecule has 0 atom stereocenters. The fourth-order valence-electron chi connectivity index (χ4n) is 1.28. The smallest absolute Gasteiger partial charge is 0.320 e. The number of rotatable bonds is 8. The largest absolute Gasteiger partial charge is 0.370 e. The average molecular weight is 329 g/mol. The third-order valence-corrected chi connectivity index (χ3v) is 3.81. The van der Waals surface area contributed by atoms with Gasteiger partial charge in [0.15, 0.2) is 0 Å². The standard InChI is InChI=1S/C11H15F4N3O2S/c1-2-4-16-9-6-8(3-5-17-9)21(19,20)18-7-11(14,15)10(12)13/h3,5-6,10,18H,2,4,7H2,1H3,(H,16,17). The Labute approximate surface area is 119 Å². The number of nitrogens with zero attached hydrogens (tertiary/aromatic N) is 1. The first-order valence-electron chi connectivity index (χ1n) is 6.04. The van der Waals surface area contributed by atoms with Crippen LogP contribution in [0.5, 0.6) is 0 Å². The van der Waals surface area contributed by atoms with Gasteiger partial charge in [-0.05, 0) is 12.5 Å². The van der Waals surface area contributed by atoms with Crippen LogP contribution in [0.1, 0.15) is 13.3 Å². The molecule has 0 saturated carbocycles. The Hall–Kier alpha value is -1.42. The molecule has 120 valence electrons. The van der Waals surface area contributed by atoms with Crippen molar-refractivity contribution in [1.29, 1.82) is 0 Å². The number of pyridine rings is 1. The van der Waals surface area contributed by atoms with Gasteiger partial charge in [-0.2, -0.15) is 8.78 Å². The molecule has 0 bridgehead atoms. The zero-order chi connectivity index (χ0) is 16.1. The lowest BCUT2D eigenvalue weighted by Gasteiger charge is -2.16. The lowest BCUT2D eigenvalue weighted by molar-refractivity contribution is -0.122. The Morgan fingerprint density at radius 3 is 2.62 bits per heavy atom. The molecule has 21 heavy (non-hydrogen) atoms. The minimum atomic E-state index is -4.43. The molecule has 0 unspecified atom stereocenters. The molecular weight excluding hydrogens is 314 g/mol. The molecule has 5 nitrogen and oxygen atoms in total. The summed E-state index contributed by atoms with van der Waals surface area (Å²) in [6.45, 7) is 0.766. The highest BCUT2D eigenvalue weighted by molar-refractivity contribution is 7.89. The van der Waals surface area contributed by atoms with Crippen LogP contribution >= 0.6 is 0 Å². The van der Waals surface area contributed by atoms with E-state index in [0.717, 1.165) is 18.6 Å². The summed E-state index contributed by atoms with van der Waals surface area (Å²) < 4.78 is 74.5. The minimum Gasteiger partial charge on any atom is -0.370 e. The van der Waals surface area contributed by atoms with Crippen molar-refractivity contribution in [3.8, 4) is 0 Å². The topological polar surface area (TPSA) is 71.1 Å². The Balaban J connectivity index is 2.83. The molecule has 10 heteroatoms. The molecule has 2 N–H and O–H groups in total. The number of aromatic nitrogens is 1. The maximum atomic E-state index is 12.7. The van der Waals surface area contributed by atoms with Crippen LogP contribution in [-0.4, -0.2) is 38.8 Å². The van der Waals surface area contributed by atoms with E-state index in [2.05, 4.69) is 10.3 Å². The molecule has 0 amide bonds. The number of nitrogens with one attached hydrogen (secondary N) is 2. The van der Waals surface area contributed by atoms with Gasteiger partial charge < -0.3 is 5.32 Å². The fraction of sp³-hybridized carbons (Fsp3) is 0.545. The first-order valence-corrected chi connectivity index (χ1v) is 7.53. The van der Waals surface area contributed by atoms with Gasteiger partial charge in [-0.25, -0.2) is 26.9 Å². The zero-order valence-electron chi connectivity index (χ0n) is 11.1. The summed E-state index contributed by atoms with van der Waals surface area (Å²) in [6, 6.07) is 2.22. The van der Waals surface area contributed by atoms with Gasteiger partial charge in [-0.15, -0.1) is 0 Å². The Morgan fingerprint density at radius 2 is 2.05 bits per heavy atom.